The molecule has 2 rings (SSSR count). The predicted octanol–water partition coefficient (Wildman–Crippen LogP) is 1.63. The lowest BCUT2D eigenvalue weighted by Crippen LogP contribution is -2.43. The Morgan fingerprint density at radius 3 is 2.64 bits per heavy atom. The van der Waals surface area contributed by atoms with Crippen molar-refractivity contribution in [2.75, 3.05) is 39.8 Å². The van der Waals surface area contributed by atoms with Gasteiger partial charge < -0.3 is 20.9 Å². The number of amides is 1. The van der Waals surface area contributed by atoms with E-state index >= 15 is 0 Å². The SMILES string of the molecule is CCCNC1=C(C(=N)C(=O)N2CCCCC2)CC(NCCNC)CC1. The first-order valence-corrected chi connectivity index (χ1v) is 9.89. The van der Waals surface area contributed by atoms with Crippen molar-refractivity contribution in [2.24, 2.45) is 0 Å². The van der Waals surface area contributed by atoms with Crippen LogP contribution in [-0.4, -0.2) is 62.3 Å². The first-order valence-electron chi connectivity index (χ1n) is 9.89. The van der Waals surface area contributed by atoms with E-state index in [1.54, 1.807) is 0 Å². The molecular formula is C19H35N5O. The predicted molar refractivity (Wildman–Crippen MR) is 103 cm³/mol. The molecule has 0 aromatic rings. The van der Waals surface area contributed by atoms with E-state index in [0.29, 0.717) is 6.04 Å². The van der Waals surface area contributed by atoms with Crippen molar-refractivity contribution in [1.82, 2.24) is 20.9 Å². The number of likely N-dealkylation sites (tertiary alicyclic amines) is 1. The van der Waals surface area contributed by atoms with Crippen LogP contribution in [0.3, 0.4) is 0 Å². The van der Waals surface area contributed by atoms with Gasteiger partial charge in [-0.15, -0.1) is 0 Å². The molecular weight excluding hydrogens is 314 g/mol. The summed E-state index contributed by atoms with van der Waals surface area (Å²) in [5.41, 5.74) is 2.25. The van der Waals surface area contributed by atoms with Gasteiger partial charge in [0.2, 0.25) is 0 Å². The highest BCUT2D eigenvalue weighted by molar-refractivity contribution is 6.44. The van der Waals surface area contributed by atoms with E-state index in [-0.39, 0.29) is 11.6 Å². The van der Waals surface area contributed by atoms with Crippen LogP contribution in [0.2, 0.25) is 0 Å². The summed E-state index contributed by atoms with van der Waals surface area (Å²) in [6, 6.07) is 0.352. The molecule has 0 spiro atoms. The number of nitrogens with zero attached hydrogens (tertiary/aromatic N) is 1. The molecule has 1 amide bonds. The molecule has 2 aliphatic rings. The Morgan fingerprint density at radius 2 is 1.96 bits per heavy atom. The monoisotopic (exact) mass is 349 g/mol. The highest BCUT2D eigenvalue weighted by atomic mass is 16.2. The van der Waals surface area contributed by atoms with Gasteiger partial charge in [-0.05, 0) is 52.0 Å². The summed E-state index contributed by atoms with van der Waals surface area (Å²) in [4.78, 5) is 14.7. The molecule has 0 saturated carbocycles. The molecule has 0 aromatic carbocycles. The Labute approximate surface area is 152 Å². The van der Waals surface area contributed by atoms with E-state index in [4.69, 9.17) is 5.41 Å². The topological polar surface area (TPSA) is 80.2 Å². The van der Waals surface area contributed by atoms with Gasteiger partial charge in [-0.2, -0.15) is 0 Å². The van der Waals surface area contributed by atoms with Crippen LogP contribution in [0.4, 0.5) is 0 Å². The van der Waals surface area contributed by atoms with E-state index in [9.17, 15) is 4.79 Å². The number of hydrogen-bond acceptors (Lipinski definition) is 5. The summed E-state index contributed by atoms with van der Waals surface area (Å²) < 4.78 is 0. The van der Waals surface area contributed by atoms with Gasteiger partial charge in [0.1, 0.15) is 5.71 Å². The van der Waals surface area contributed by atoms with Crippen molar-refractivity contribution >= 4 is 11.6 Å². The minimum Gasteiger partial charge on any atom is -0.388 e. The Morgan fingerprint density at radius 1 is 1.20 bits per heavy atom. The molecule has 1 aliphatic carbocycles. The quantitative estimate of drug-likeness (QED) is 0.377. The molecule has 6 heteroatoms. The molecule has 1 unspecified atom stereocenters. The highest BCUT2D eigenvalue weighted by Gasteiger charge is 2.29. The molecule has 1 atom stereocenters. The normalized spacial score (nSPS) is 21.4. The van der Waals surface area contributed by atoms with E-state index in [0.717, 1.165) is 82.5 Å². The lowest BCUT2D eigenvalue weighted by atomic mass is 9.88. The van der Waals surface area contributed by atoms with Crippen LogP contribution in [-0.2, 0) is 4.79 Å². The summed E-state index contributed by atoms with van der Waals surface area (Å²) in [5.74, 6) is -0.0821. The molecule has 1 fully saturated rings. The first kappa shape index (κ1) is 19.9. The van der Waals surface area contributed by atoms with Gasteiger partial charge >= 0.3 is 0 Å². The molecule has 0 aromatic heterocycles. The maximum absolute atomic E-state index is 12.8. The Balaban J connectivity index is 2.06. The summed E-state index contributed by atoms with van der Waals surface area (Å²) >= 11 is 0. The Kier molecular flexibility index (Phi) is 8.41. The molecule has 142 valence electrons. The smallest absolute Gasteiger partial charge is 0.272 e. The lowest BCUT2D eigenvalue weighted by molar-refractivity contribution is -0.124. The number of carbonyl (C=O) groups excluding carboxylic acids is 1. The summed E-state index contributed by atoms with van der Waals surface area (Å²) in [6.07, 6.45) is 7.12. The summed E-state index contributed by atoms with van der Waals surface area (Å²) in [7, 11) is 1.95. The van der Waals surface area contributed by atoms with Crippen molar-refractivity contribution in [2.45, 2.75) is 57.9 Å². The second-order valence-electron chi connectivity index (χ2n) is 7.11. The van der Waals surface area contributed by atoms with Crippen LogP contribution in [0, 0.1) is 5.41 Å². The second kappa shape index (κ2) is 10.6. The van der Waals surface area contributed by atoms with Crippen LogP contribution >= 0.6 is 0 Å². The van der Waals surface area contributed by atoms with E-state index < -0.39 is 0 Å². The third-order valence-corrected chi connectivity index (χ3v) is 5.11. The fraction of sp³-hybridized carbons (Fsp3) is 0.789. The molecule has 6 nitrogen and oxygen atoms in total. The van der Waals surface area contributed by atoms with Crippen molar-refractivity contribution in [3.8, 4) is 0 Å². The van der Waals surface area contributed by atoms with Gasteiger partial charge in [0.05, 0.1) is 0 Å². The van der Waals surface area contributed by atoms with Gasteiger partial charge in [0.25, 0.3) is 5.91 Å². The number of hydrogen-bond donors (Lipinski definition) is 4. The van der Waals surface area contributed by atoms with Crippen LogP contribution in [0.25, 0.3) is 0 Å². The van der Waals surface area contributed by atoms with Gasteiger partial charge in [-0.1, -0.05) is 6.92 Å². The average molecular weight is 350 g/mol. The van der Waals surface area contributed by atoms with Crippen molar-refractivity contribution in [3.63, 3.8) is 0 Å². The lowest BCUT2D eigenvalue weighted by Gasteiger charge is -2.31. The van der Waals surface area contributed by atoms with E-state index in [1.807, 2.05) is 11.9 Å². The highest BCUT2D eigenvalue weighted by Crippen LogP contribution is 2.25. The minimum absolute atomic E-state index is 0.0821. The second-order valence-corrected chi connectivity index (χ2v) is 7.11. The van der Waals surface area contributed by atoms with Crippen LogP contribution < -0.4 is 16.0 Å². The first-order chi connectivity index (χ1) is 12.2. The standard InChI is InChI=1S/C19H35N5O/c1-3-9-23-17-8-7-15(22-11-10-21-2)14-16(17)18(20)19(25)24-12-5-4-6-13-24/h15,20-23H,3-14H2,1-2H3. The summed E-state index contributed by atoms with van der Waals surface area (Å²) in [6.45, 7) is 6.50. The van der Waals surface area contributed by atoms with Crippen molar-refractivity contribution in [1.29, 1.82) is 5.41 Å². The fourth-order valence-electron chi connectivity index (χ4n) is 3.62. The third-order valence-electron chi connectivity index (χ3n) is 5.11. The largest absolute Gasteiger partial charge is 0.388 e. The van der Waals surface area contributed by atoms with E-state index in [1.165, 1.54) is 6.42 Å². The van der Waals surface area contributed by atoms with Crippen molar-refractivity contribution < 1.29 is 4.79 Å². The fourth-order valence-corrected chi connectivity index (χ4v) is 3.62. The zero-order valence-corrected chi connectivity index (χ0v) is 15.9. The maximum atomic E-state index is 12.8. The van der Waals surface area contributed by atoms with Crippen LogP contribution in [0.5, 0.6) is 0 Å². The number of allylic oxidation sites excluding steroid dienone is 1. The van der Waals surface area contributed by atoms with Crippen LogP contribution in [0.1, 0.15) is 51.9 Å². The average Bonchev–Trinajstić information content (AvgIpc) is 2.66. The molecule has 1 saturated heterocycles. The maximum Gasteiger partial charge on any atom is 0.272 e. The molecule has 1 heterocycles. The van der Waals surface area contributed by atoms with Crippen LogP contribution in [0.15, 0.2) is 11.3 Å². The third kappa shape index (κ3) is 5.82. The number of piperidine rings is 1. The van der Waals surface area contributed by atoms with Crippen molar-refractivity contribution in [3.05, 3.63) is 11.3 Å². The van der Waals surface area contributed by atoms with Gasteiger partial charge in [-0.3, -0.25) is 10.2 Å². The number of carbonyl (C=O) groups is 1. The zero-order valence-electron chi connectivity index (χ0n) is 15.9. The number of rotatable bonds is 9. The summed E-state index contributed by atoms with van der Waals surface area (Å²) in [5, 5.41) is 18.7. The van der Waals surface area contributed by atoms with Gasteiger partial charge in [-0.25, -0.2) is 0 Å². The molecule has 0 radical (unpaired) electrons. The Bertz CT molecular complexity index is 482. The molecule has 25 heavy (non-hydrogen) atoms. The number of likely N-dealkylation sites (N-methyl/N-ethyl adjacent to an activating group) is 1. The minimum atomic E-state index is -0.0821. The molecule has 1 aliphatic heterocycles. The number of nitrogens with one attached hydrogen (secondary N) is 4. The Hall–Kier alpha value is -1.40. The molecule has 4 N–H and O–H groups in total. The molecule has 0 bridgehead atoms. The van der Waals surface area contributed by atoms with E-state index in [2.05, 4.69) is 22.9 Å². The van der Waals surface area contributed by atoms with Gasteiger partial charge in [0, 0.05) is 50.0 Å². The van der Waals surface area contributed by atoms with Gasteiger partial charge in [0.15, 0.2) is 0 Å². The zero-order chi connectivity index (χ0) is 18.1.